The Morgan fingerprint density at radius 1 is 0.247 bits per heavy atom. The van der Waals surface area contributed by atoms with Crippen LogP contribution in [-0.2, 0) is 28.6 Å². The monoisotopic (exact) mass is 1110 g/mol. The van der Waals surface area contributed by atoms with E-state index >= 15 is 0 Å². The molecule has 0 saturated carbocycles. The van der Waals surface area contributed by atoms with Gasteiger partial charge in [-0.2, -0.15) is 0 Å². The second kappa shape index (κ2) is 67.3. The summed E-state index contributed by atoms with van der Waals surface area (Å²) < 4.78 is 16.9. The summed E-state index contributed by atoms with van der Waals surface area (Å²) in [6, 6.07) is 0. The molecule has 0 aromatic carbocycles. The van der Waals surface area contributed by atoms with Crippen molar-refractivity contribution in [1.29, 1.82) is 0 Å². The fraction of sp³-hybridized carbons (Fsp3) is 0.587. The average Bonchev–Trinajstić information content (AvgIpc) is 3.47. The van der Waals surface area contributed by atoms with E-state index in [0.29, 0.717) is 19.3 Å². The highest BCUT2D eigenvalue weighted by atomic mass is 16.6. The van der Waals surface area contributed by atoms with E-state index in [1.807, 2.05) is 0 Å². The van der Waals surface area contributed by atoms with Gasteiger partial charge in [-0.25, -0.2) is 0 Å². The summed E-state index contributed by atoms with van der Waals surface area (Å²) in [5.41, 5.74) is 0. The Bertz CT molecular complexity index is 1860. The molecule has 454 valence electrons. The maximum atomic E-state index is 12.9. The summed E-state index contributed by atoms with van der Waals surface area (Å²) in [5.74, 6) is -0.977. The standard InChI is InChI=1S/C75H118O6/c1-4-7-10-13-16-19-22-25-28-30-32-34-35-36-37-38-39-41-42-44-47-50-53-56-59-62-65-68-74(77)80-71-72(70-79-73(76)67-64-61-58-55-52-49-46-27-24-21-18-15-12-9-6-3)81-75(78)69-66-63-60-57-54-51-48-45-43-40-33-31-29-26-23-20-17-14-11-8-5-2/h7-12,16-21,25-29,32-34,36-37,40,45-46,48,52,55,72H,4-6,13-15,22-24,30-31,35,38-39,41-44,47,49-51,53-54,56-71H2,1-3H3/b10-7-,11-8-,12-9-,19-16-,20-17-,21-18-,28-25-,29-26-,34-32-,37-36-,40-33-,46-27-,48-45-,55-52-. The fourth-order valence-electron chi connectivity index (χ4n) is 8.43. The van der Waals surface area contributed by atoms with Crippen molar-refractivity contribution in [2.24, 2.45) is 0 Å². The van der Waals surface area contributed by atoms with Gasteiger partial charge in [0.25, 0.3) is 0 Å². The molecule has 0 spiro atoms. The number of unbranched alkanes of at least 4 members (excludes halogenated alkanes) is 18. The summed E-state index contributed by atoms with van der Waals surface area (Å²) in [4.78, 5) is 38.4. The lowest BCUT2D eigenvalue weighted by Crippen LogP contribution is -2.30. The first-order valence-corrected chi connectivity index (χ1v) is 32.6. The molecule has 0 heterocycles. The summed E-state index contributed by atoms with van der Waals surface area (Å²) in [7, 11) is 0. The zero-order valence-corrected chi connectivity index (χ0v) is 52.0. The normalized spacial score (nSPS) is 13.3. The summed E-state index contributed by atoms with van der Waals surface area (Å²) in [6.45, 7) is 6.24. The quantitative estimate of drug-likeness (QED) is 0.0261. The highest BCUT2D eigenvalue weighted by molar-refractivity contribution is 5.71. The zero-order valence-electron chi connectivity index (χ0n) is 52.0. The van der Waals surface area contributed by atoms with E-state index in [0.717, 1.165) is 161 Å². The van der Waals surface area contributed by atoms with E-state index in [1.54, 1.807) is 0 Å². The molecule has 0 aliphatic rings. The molecule has 0 bridgehead atoms. The predicted molar refractivity (Wildman–Crippen MR) is 352 cm³/mol. The van der Waals surface area contributed by atoms with Crippen LogP contribution in [0.3, 0.4) is 0 Å². The summed E-state index contributed by atoms with van der Waals surface area (Å²) >= 11 is 0. The van der Waals surface area contributed by atoms with Gasteiger partial charge in [-0.3, -0.25) is 14.4 Å². The van der Waals surface area contributed by atoms with Crippen LogP contribution in [0.5, 0.6) is 0 Å². The molecule has 0 N–H and O–H groups in total. The van der Waals surface area contributed by atoms with E-state index in [9.17, 15) is 14.4 Å². The third kappa shape index (κ3) is 65.5. The van der Waals surface area contributed by atoms with Gasteiger partial charge in [-0.05, 0) is 148 Å². The topological polar surface area (TPSA) is 78.9 Å². The van der Waals surface area contributed by atoms with Crippen molar-refractivity contribution in [1.82, 2.24) is 0 Å². The van der Waals surface area contributed by atoms with Gasteiger partial charge >= 0.3 is 17.9 Å². The van der Waals surface area contributed by atoms with Crippen molar-refractivity contribution in [3.8, 4) is 0 Å². The third-order valence-corrected chi connectivity index (χ3v) is 13.2. The Balaban J connectivity index is 4.44. The lowest BCUT2D eigenvalue weighted by atomic mass is 10.0. The molecular formula is C75H118O6. The maximum Gasteiger partial charge on any atom is 0.306 e. The summed E-state index contributed by atoms with van der Waals surface area (Å²) in [6.07, 6.45) is 99.3. The lowest BCUT2D eigenvalue weighted by molar-refractivity contribution is -0.167. The fourth-order valence-corrected chi connectivity index (χ4v) is 8.43. The Labute approximate surface area is 498 Å². The molecule has 0 saturated heterocycles. The van der Waals surface area contributed by atoms with Crippen LogP contribution in [-0.4, -0.2) is 37.2 Å². The van der Waals surface area contributed by atoms with Crippen LogP contribution < -0.4 is 0 Å². The van der Waals surface area contributed by atoms with Gasteiger partial charge in [0.1, 0.15) is 13.2 Å². The van der Waals surface area contributed by atoms with Gasteiger partial charge in [-0.15, -0.1) is 0 Å². The van der Waals surface area contributed by atoms with Crippen LogP contribution in [0, 0.1) is 0 Å². The molecule has 0 aromatic heterocycles. The lowest BCUT2D eigenvalue weighted by Gasteiger charge is -2.18. The molecule has 0 rings (SSSR count). The molecule has 0 aliphatic carbocycles. The molecule has 81 heavy (non-hydrogen) atoms. The Morgan fingerprint density at radius 2 is 0.444 bits per heavy atom. The van der Waals surface area contributed by atoms with E-state index in [1.165, 1.54) is 57.8 Å². The molecular weight excluding hydrogens is 997 g/mol. The molecule has 6 heteroatoms. The number of hydrogen-bond acceptors (Lipinski definition) is 6. The van der Waals surface area contributed by atoms with Gasteiger partial charge in [0.15, 0.2) is 6.10 Å². The highest BCUT2D eigenvalue weighted by Crippen LogP contribution is 2.15. The van der Waals surface area contributed by atoms with Crippen molar-refractivity contribution < 1.29 is 28.6 Å². The maximum absolute atomic E-state index is 12.9. The molecule has 0 radical (unpaired) electrons. The van der Waals surface area contributed by atoms with Gasteiger partial charge in [0.05, 0.1) is 0 Å². The minimum absolute atomic E-state index is 0.108. The van der Waals surface area contributed by atoms with Gasteiger partial charge in [0.2, 0.25) is 0 Å². The van der Waals surface area contributed by atoms with Crippen molar-refractivity contribution in [2.45, 2.75) is 271 Å². The molecule has 0 aliphatic heterocycles. The molecule has 0 amide bonds. The summed E-state index contributed by atoms with van der Waals surface area (Å²) in [5, 5.41) is 0. The van der Waals surface area contributed by atoms with Crippen molar-refractivity contribution >= 4 is 17.9 Å². The van der Waals surface area contributed by atoms with Crippen molar-refractivity contribution in [3.05, 3.63) is 170 Å². The van der Waals surface area contributed by atoms with Crippen LogP contribution in [0.25, 0.3) is 0 Å². The number of carbonyl (C=O) groups excluding carboxylic acids is 3. The first-order valence-electron chi connectivity index (χ1n) is 32.6. The second-order valence-electron chi connectivity index (χ2n) is 20.9. The number of carbonyl (C=O) groups is 3. The number of hydrogen-bond donors (Lipinski definition) is 0. The number of ether oxygens (including phenoxy) is 3. The predicted octanol–water partition coefficient (Wildman–Crippen LogP) is 22.7. The van der Waals surface area contributed by atoms with Gasteiger partial charge in [0, 0.05) is 19.3 Å². The number of allylic oxidation sites excluding steroid dienone is 28. The molecule has 1 atom stereocenters. The zero-order chi connectivity index (χ0) is 58.5. The minimum Gasteiger partial charge on any atom is -0.462 e. The van der Waals surface area contributed by atoms with Gasteiger partial charge < -0.3 is 14.2 Å². The van der Waals surface area contributed by atoms with Crippen LogP contribution in [0.4, 0.5) is 0 Å². The van der Waals surface area contributed by atoms with Crippen LogP contribution >= 0.6 is 0 Å². The number of rotatable bonds is 57. The first kappa shape index (κ1) is 75.8. The molecule has 6 nitrogen and oxygen atoms in total. The van der Waals surface area contributed by atoms with E-state index < -0.39 is 6.10 Å². The largest absolute Gasteiger partial charge is 0.462 e. The third-order valence-electron chi connectivity index (χ3n) is 13.2. The Morgan fingerprint density at radius 3 is 0.716 bits per heavy atom. The smallest absolute Gasteiger partial charge is 0.306 e. The molecule has 1 unspecified atom stereocenters. The Kier molecular flexibility index (Phi) is 62.9. The Hall–Kier alpha value is -5.23. The SMILES string of the molecule is CC/C=C\C/C=C\C/C=C\C/C=C\C/C=C\CCCCCCCCCCCCCC(=O)OCC(COC(=O)CCCC/C=C\C/C=C\C/C=C\C/C=C\CC)OC(=O)CCCCCCC/C=C\C/C=C\C/C=C\C/C=C\C/C=C\CC. The van der Waals surface area contributed by atoms with Crippen LogP contribution in [0.2, 0.25) is 0 Å². The second-order valence-corrected chi connectivity index (χ2v) is 20.9. The van der Waals surface area contributed by atoms with Gasteiger partial charge in [-0.1, -0.05) is 268 Å². The highest BCUT2D eigenvalue weighted by Gasteiger charge is 2.19. The molecule has 0 aromatic rings. The van der Waals surface area contributed by atoms with Crippen LogP contribution in [0.1, 0.15) is 265 Å². The number of esters is 3. The average molecular weight is 1120 g/mol. The molecule has 0 fully saturated rings. The minimum atomic E-state index is -0.817. The van der Waals surface area contributed by atoms with E-state index in [2.05, 4.69) is 191 Å². The van der Waals surface area contributed by atoms with Crippen molar-refractivity contribution in [3.63, 3.8) is 0 Å². The van der Waals surface area contributed by atoms with E-state index in [-0.39, 0.29) is 37.5 Å². The van der Waals surface area contributed by atoms with Crippen molar-refractivity contribution in [2.75, 3.05) is 13.2 Å². The first-order chi connectivity index (χ1) is 40.0. The van der Waals surface area contributed by atoms with Crippen LogP contribution in [0.15, 0.2) is 170 Å². The van der Waals surface area contributed by atoms with E-state index in [4.69, 9.17) is 14.2 Å².